The fourth-order valence-corrected chi connectivity index (χ4v) is 3.77. The lowest BCUT2D eigenvalue weighted by molar-refractivity contribution is 0.0775. The maximum atomic E-state index is 13.8. The Bertz CT molecular complexity index is 458. The lowest BCUT2D eigenvalue weighted by Gasteiger charge is -2.18. The quantitative estimate of drug-likeness (QED) is 0.778. The van der Waals surface area contributed by atoms with Crippen LogP contribution in [0.15, 0.2) is 22.7 Å². The Morgan fingerprint density at radius 2 is 1.94 bits per heavy atom. The molecule has 96 valence electrons. The van der Waals surface area contributed by atoms with E-state index in [2.05, 4.69) is 15.9 Å². The molecule has 2 fully saturated rings. The molecular formula is C14H15BrFNO. The van der Waals surface area contributed by atoms with Crippen LogP contribution in [0, 0.1) is 17.7 Å². The largest absolute Gasteiger partial charge is 0.338 e. The van der Waals surface area contributed by atoms with Gasteiger partial charge in [0.05, 0.1) is 5.56 Å². The SMILES string of the molecule is O=C(c1c(F)cccc1Br)N1CC2CCCC2C1. The van der Waals surface area contributed by atoms with Crippen LogP contribution in [0.25, 0.3) is 0 Å². The van der Waals surface area contributed by atoms with Gasteiger partial charge in [-0.2, -0.15) is 0 Å². The van der Waals surface area contributed by atoms with E-state index in [1.54, 1.807) is 12.1 Å². The van der Waals surface area contributed by atoms with E-state index in [-0.39, 0.29) is 11.5 Å². The Labute approximate surface area is 114 Å². The summed E-state index contributed by atoms with van der Waals surface area (Å²) < 4.78 is 14.3. The van der Waals surface area contributed by atoms with Gasteiger partial charge in [-0.25, -0.2) is 4.39 Å². The van der Waals surface area contributed by atoms with Crippen molar-refractivity contribution in [1.29, 1.82) is 0 Å². The van der Waals surface area contributed by atoms with Crippen molar-refractivity contribution in [3.05, 3.63) is 34.1 Å². The third-order valence-corrected chi connectivity index (χ3v) is 4.85. The minimum absolute atomic E-state index is 0.172. The smallest absolute Gasteiger partial charge is 0.258 e. The van der Waals surface area contributed by atoms with E-state index in [0.717, 1.165) is 13.1 Å². The van der Waals surface area contributed by atoms with Gasteiger partial charge in [0.1, 0.15) is 5.82 Å². The standard InChI is InChI=1S/C14H15BrFNO/c15-11-5-2-6-12(16)13(11)14(18)17-7-9-3-1-4-10(9)8-17/h2,5-6,9-10H,1,3-4,7-8H2. The molecule has 0 N–H and O–H groups in total. The number of amides is 1. The number of fused-ring (bicyclic) bond motifs is 1. The van der Waals surface area contributed by atoms with Crippen molar-refractivity contribution < 1.29 is 9.18 Å². The molecule has 18 heavy (non-hydrogen) atoms. The molecule has 0 radical (unpaired) electrons. The molecule has 2 unspecified atom stereocenters. The lowest BCUT2D eigenvalue weighted by Crippen LogP contribution is -2.30. The van der Waals surface area contributed by atoms with E-state index < -0.39 is 5.82 Å². The maximum absolute atomic E-state index is 13.8. The highest BCUT2D eigenvalue weighted by Crippen LogP contribution is 2.38. The minimum Gasteiger partial charge on any atom is -0.338 e. The molecule has 2 atom stereocenters. The molecule has 0 spiro atoms. The molecular weight excluding hydrogens is 297 g/mol. The van der Waals surface area contributed by atoms with Gasteiger partial charge in [-0.15, -0.1) is 0 Å². The molecule has 1 aromatic carbocycles. The molecule has 1 heterocycles. The van der Waals surface area contributed by atoms with Crippen molar-refractivity contribution in [2.24, 2.45) is 11.8 Å². The van der Waals surface area contributed by atoms with Crippen LogP contribution in [0.1, 0.15) is 29.6 Å². The van der Waals surface area contributed by atoms with Crippen LogP contribution in [0.4, 0.5) is 4.39 Å². The van der Waals surface area contributed by atoms with E-state index in [1.165, 1.54) is 25.3 Å². The summed E-state index contributed by atoms with van der Waals surface area (Å²) in [7, 11) is 0. The monoisotopic (exact) mass is 311 g/mol. The van der Waals surface area contributed by atoms with E-state index in [1.807, 2.05) is 4.90 Å². The fraction of sp³-hybridized carbons (Fsp3) is 0.500. The number of likely N-dealkylation sites (tertiary alicyclic amines) is 1. The molecule has 1 amide bonds. The van der Waals surface area contributed by atoms with Crippen molar-refractivity contribution in [2.75, 3.05) is 13.1 Å². The summed E-state index contributed by atoms with van der Waals surface area (Å²) in [4.78, 5) is 14.2. The first-order valence-electron chi connectivity index (χ1n) is 6.40. The van der Waals surface area contributed by atoms with Gasteiger partial charge in [0, 0.05) is 17.6 Å². The highest BCUT2D eigenvalue weighted by atomic mass is 79.9. The predicted molar refractivity (Wildman–Crippen MR) is 70.8 cm³/mol. The number of carbonyl (C=O) groups excluding carboxylic acids is 1. The molecule has 2 aliphatic rings. The topological polar surface area (TPSA) is 20.3 Å². The van der Waals surface area contributed by atoms with Crippen molar-refractivity contribution in [3.8, 4) is 0 Å². The highest BCUT2D eigenvalue weighted by molar-refractivity contribution is 9.10. The summed E-state index contributed by atoms with van der Waals surface area (Å²) in [6, 6.07) is 4.66. The third kappa shape index (κ3) is 1.96. The fourth-order valence-electron chi connectivity index (χ4n) is 3.26. The molecule has 0 aromatic heterocycles. The Morgan fingerprint density at radius 3 is 2.56 bits per heavy atom. The summed E-state index contributed by atoms with van der Waals surface area (Å²) in [6.07, 6.45) is 3.71. The second kappa shape index (κ2) is 4.65. The normalized spacial score (nSPS) is 26.4. The van der Waals surface area contributed by atoms with Crippen LogP contribution in [-0.4, -0.2) is 23.9 Å². The van der Waals surface area contributed by atoms with Crippen molar-refractivity contribution in [2.45, 2.75) is 19.3 Å². The third-order valence-electron chi connectivity index (χ3n) is 4.19. The number of carbonyl (C=O) groups is 1. The van der Waals surface area contributed by atoms with Crippen LogP contribution in [0.5, 0.6) is 0 Å². The Balaban J connectivity index is 1.83. The first-order valence-corrected chi connectivity index (χ1v) is 7.19. The average molecular weight is 312 g/mol. The van der Waals surface area contributed by atoms with Gasteiger partial charge in [0.2, 0.25) is 0 Å². The van der Waals surface area contributed by atoms with Crippen LogP contribution in [-0.2, 0) is 0 Å². The summed E-state index contributed by atoms with van der Waals surface area (Å²) >= 11 is 3.27. The Morgan fingerprint density at radius 1 is 1.28 bits per heavy atom. The van der Waals surface area contributed by atoms with Crippen LogP contribution in [0.3, 0.4) is 0 Å². The molecule has 3 rings (SSSR count). The van der Waals surface area contributed by atoms with Gasteiger partial charge < -0.3 is 4.90 Å². The molecule has 1 aliphatic heterocycles. The molecule has 1 saturated carbocycles. The van der Waals surface area contributed by atoms with Crippen LogP contribution < -0.4 is 0 Å². The summed E-state index contributed by atoms with van der Waals surface area (Å²) in [5.74, 6) is 0.666. The van der Waals surface area contributed by atoms with E-state index in [0.29, 0.717) is 16.3 Å². The van der Waals surface area contributed by atoms with Crippen molar-refractivity contribution in [3.63, 3.8) is 0 Å². The van der Waals surface area contributed by atoms with Crippen LogP contribution >= 0.6 is 15.9 Å². The zero-order valence-electron chi connectivity index (χ0n) is 10.0. The first-order chi connectivity index (χ1) is 8.66. The molecule has 4 heteroatoms. The highest BCUT2D eigenvalue weighted by Gasteiger charge is 2.39. The number of halogens is 2. The van der Waals surface area contributed by atoms with Gasteiger partial charge in [-0.05, 0) is 52.7 Å². The second-order valence-electron chi connectivity index (χ2n) is 5.26. The predicted octanol–water partition coefficient (Wildman–Crippen LogP) is 3.46. The summed E-state index contributed by atoms with van der Waals surface area (Å²) in [6.45, 7) is 1.59. The number of rotatable bonds is 1. The summed E-state index contributed by atoms with van der Waals surface area (Å²) in [5, 5.41) is 0. The van der Waals surface area contributed by atoms with Gasteiger partial charge in [0.15, 0.2) is 0 Å². The molecule has 1 aliphatic carbocycles. The van der Waals surface area contributed by atoms with Gasteiger partial charge in [-0.1, -0.05) is 12.5 Å². The van der Waals surface area contributed by atoms with E-state index in [9.17, 15) is 9.18 Å². The minimum atomic E-state index is -0.438. The maximum Gasteiger partial charge on any atom is 0.258 e. The second-order valence-corrected chi connectivity index (χ2v) is 6.11. The zero-order chi connectivity index (χ0) is 12.7. The Kier molecular flexibility index (Phi) is 3.14. The molecule has 1 saturated heterocycles. The van der Waals surface area contributed by atoms with Gasteiger partial charge in [-0.3, -0.25) is 4.79 Å². The van der Waals surface area contributed by atoms with Crippen molar-refractivity contribution in [1.82, 2.24) is 4.90 Å². The van der Waals surface area contributed by atoms with Crippen LogP contribution in [0.2, 0.25) is 0 Å². The average Bonchev–Trinajstić information content (AvgIpc) is 2.88. The number of benzene rings is 1. The molecule has 2 nitrogen and oxygen atoms in total. The summed E-state index contributed by atoms with van der Waals surface area (Å²) in [5.41, 5.74) is 0.178. The van der Waals surface area contributed by atoms with E-state index >= 15 is 0 Å². The Hall–Kier alpha value is -0.900. The van der Waals surface area contributed by atoms with Crippen molar-refractivity contribution >= 4 is 21.8 Å². The van der Waals surface area contributed by atoms with Gasteiger partial charge in [0.25, 0.3) is 5.91 Å². The van der Waals surface area contributed by atoms with Gasteiger partial charge >= 0.3 is 0 Å². The number of nitrogens with zero attached hydrogens (tertiary/aromatic N) is 1. The number of hydrogen-bond donors (Lipinski definition) is 0. The molecule has 0 bridgehead atoms. The zero-order valence-corrected chi connectivity index (χ0v) is 11.6. The first kappa shape index (κ1) is 12.2. The molecule has 1 aromatic rings. The van der Waals surface area contributed by atoms with E-state index in [4.69, 9.17) is 0 Å². The number of hydrogen-bond acceptors (Lipinski definition) is 1. The lowest BCUT2D eigenvalue weighted by atomic mass is 10.0.